The number of nitrogens with zero attached hydrogens (tertiary/aromatic N) is 2. The number of esters is 1. The summed E-state index contributed by atoms with van der Waals surface area (Å²) >= 11 is 0. The molecule has 0 saturated heterocycles. The maximum atomic E-state index is 12.2. The molecule has 0 aliphatic heterocycles. The van der Waals surface area contributed by atoms with Crippen LogP contribution < -0.4 is 4.74 Å². The van der Waals surface area contributed by atoms with E-state index in [1.807, 2.05) is 24.3 Å². The molecule has 2 aromatic rings. The van der Waals surface area contributed by atoms with Gasteiger partial charge in [-0.15, -0.1) is 0 Å². The first-order chi connectivity index (χ1) is 16.6. The molecule has 5 nitrogen and oxygen atoms in total. The minimum Gasteiger partial charge on any atom is -0.494 e. The molecular formula is C29H44N2O3. The highest BCUT2D eigenvalue weighted by atomic mass is 16.5. The van der Waals surface area contributed by atoms with Gasteiger partial charge in [-0.25, -0.2) is 14.8 Å². The standard InChI is InChI=1S/C29H44N2O3/c1-4-6-7-8-9-10-13-21-34-29(32)26-22-30-28(31-23-26)25-16-18-27(19-17-25)33-20-14-11-12-15-24(3)5-2/h16-19,22-24H,4-15,20-21H2,1-3H3. The lowest BCUT2D eigenvalue weighted by Crippen LogP contribution is -2.08. The number of carbonyl (C=O) groups is 1. The summed E-state index contributed by atoms with van der Waals surface area (Å²) in [6.07, 6.45) is 17.6. The molecule has 1 heterocycles. The molecule has 0 aliphatic rings. The van der Waals surface area contributed by atoms with Crippen molar-refractivity contribution in [1.82, 2.24) is 9.97 Å². The summed E-state index contributed by atoms with van der Waals surface area (Å²) in [7, 11) is 0. The number of ether oxygens (including phenoxy) is 2. The van der Waals surface area contributed by atoms with Gasteiger partial charge >= 0.3 is 5.97 Å². The second kappa shape index (κ2) is 17.1. The minimum atomic E-state index is -0.356. The molecule has 0 amide bonds. The second-order valence-corrected chi connectivity index (χ2v) is 9.29. The van der Waals surface area contributed by atoms with Crippen LogP contribution >= 0.6 is 0 Å². The van der Waals surface area contributed by atoms with Crippen LogP contribution in [0.4, 0.5) is 0 Å². The van der Waals surface area contributed by atoms with Crippen molar-refractivity contribution in [3.8, 4) is 17.1 Å². The third-order valence-electron chi connectivity index (χ3n) is 6.29. The summed E-state index contributed by atoms with van der Waals surface area (Å²) in [6, 6.07) is 7.79. The van der Waals surface area contributed by atoms with Crippen molar-refractivity contribution in [1.29, 1.82) is 0 Å². The zero-order chi connectivity index (χ0) is 24.4. The molecule has 34 heavy (non-hydrogen) atoms. The number of unbranched alkanes of at least 4 members (excludes halogenated alkanes) is 8. The Morgan fingerprint density at radius 1 is 0.824 bits per heavy atom. The number of aromatic nitrogens is 2. The van der Waals surface area contributed by atoms with Gasteiger partial charge in [0.05, 0.1) is 18.8 Å². The van der Waals surface area contributed by atoms with Crippen molar-refractivity contribution in [2.45, 2.75) is 97.8 Å². The fraction of sp³-hybridized carbons (Fsp3) is 0.621. The molecule has 0 N–H and O–H groups in total. The Bertz CT molecular complexity index is 790. The molecule has 1 aromatic carbocycles. The third kappa shape index (κ3) is 11.1. The van der Waals surface area contributed by atoms with Crippen LogP contribution in [0.25, 0.3) is 11.4 Å². The summed E-state index contributed by atoms with van der Waals surface area (Å²) in [6.45, 7) is 7.99. The topological polar surface area (TPSA) is 61.3 Å². The van der Waals surface area contributed by atoms with E-state index < -0.39 is 0 Å². The molecule has 0 saturated carbocycles. The summed E-state index contributed by atoms with van der Waals surface area (Å²) in [5.41, 5.74) is 1.28. The Balaban J connectivity index is 1.67. The molecule has 0 bridgehead atoms. The average molecular weight is 469 g/mol. The Morgan fingerprint density at radius 3 is 2.12 bits per heavy atom. The van der Waals surface area contributed by atoms with Gasteiger partial charge in [-0.3, -0.25) is 0 Å². The van der Waals surface area contributed by atoms with E-state index in [1.165, 1.54) is 57.8 Å². The van der Waals surface area contributed by atoms with E-state index in [-0.39, 0.29) is 5.97 Å². The van der Waals surface area contributed by atoms with Crippen LogP contribution in [0.3, 0.4) is 0 Å². The van der Waals surface area contributed by atoms with E-state index in [1.54, 1.807) is 12.4 Å². The maximum absolute atomic E-state index is 12.2. The van der Waals surface area contributed by atoms with Crippen molar-refractivity contribution in [3.63, 3.8) is 0 Å². The summed E-state index contributed by atoms with van der Waals surface area (Å²) < 4.78 is 11.2. The molecule has 1 unspecified atom stereocenters. The number of hydrogen-bond acceptors (Lipinski definition) is 5. The smallest absolute Gasteiger partial charge is 0.341 e. The lowest BCUT2D eigenvalue weighted by molar-refractivity contribution is 0.0496. The second-order valence-electron chi connectivity index (χ2n) is 9.29. The Labute approximate surface area is 206 Å². The predicted molar refractivity (Wildman–Crippen MR) is 139 cm³/mol. The summed E-state index contributed by atoms with van der Waals surface area (Å²) in [5, 5.41) is 0. The number of benzene rings is 1. The number of hydrogen-bond donors (Lipinski definition) is 0. The van der Waals surface area contributed by atoms with Gasteiger partial charge in [0.1, 0.15) is 5.75 Å². The molecule has 5 heteroatoms. The van der Waals surface area contributed by atoms with E-state index in [0.29, 0.717) is 18.0 Å². The van der Waals surface area contributed by atoms with Crippen molar-refractivity contribution in [2.24, 2.45) is 5.92 Å². The van der Waals surface area contributed by atoms with Gasteiger partial charge in [0.25, 0.3) is 0 Å². The Morgan fingerprint density at radius 2 is 1.44 bits per heavy atom. The highest BCUT2D eigenvalue weighted by Crippen LogP contribution is 2.20. The van der Waals surface area contributed by atoms with Crippen LogP contribution in [0.5, 0.6) is 5.75 Å². The quantitative estimate of drug-likeness (QED) is 0.164. The van der Waals surface area contributed by atoms with Crippen molar-refractivity contribution >= 4 is 5.97 Å². The minimum absolute atomic E-state index is 0.356. The first-order valence-electron chi connectivity index (χ1n) is 13.4. The molecule has 1 aromatic heterocycles. The van der Waals surface area contributed by atoms with Gasteiger partial charge in [0.2, 0.25) is 0 Å². The fourth-order valence-electron chi connectivity index (χ4n) is 3.76. The van der Waals surface area contributed by atoms with Crippen LogP contribution in [0.15, 0.2) is 36.7 Å². The van der Waals surface area contributed by atoms with Gasteiger partial charge in [0.15, 0.2) is 5.82 Å². The Hall–Kier alpha value is -2.43. The molecule has 0 radical (unpaired) electrons. The van der Waals surface area contributed by atoms with Gasteiger partial charge in [0, 0.05) is 18.0 Å². The summed E-state index contributed by atoms with van der Waals surface area (Å²) in [5.74, 6) is 1.91. The van der Waals surface area contributed by atoms with E-state index in [9.17, 15) is 4.79 Å². The highest BCUT2D eigenvalue weighted by molar-refractivity contribution is 5.88. The molecule has 1 atom stereocenters. The lowest BCUT2D eigenvalue weighted by atomic mass is 10.0. The van der Waals surface area contributed by atoms with Crippen LogP contribution in [0.2, 0.25) is 0 Å². The molecule has 0 fully saturated rings. The van der Waals surface area contributed by atoms with E-state index in [0.717, 1.165) is 43.1 Å². The van der Waals surface area contributed by atoms with Crippen LogP contribution in [-0.2, 0) is 4.74 Å². The largest absolute Gasteiger partial charge is 0.494 e. The monoisotopic (exact) mass is 468 g/mol. The number of rotatable bonds is 18. The zero-order valence-corrected chi connectivity index (χ0v) is 21.6. The van der Waals surface area contributed by atoms with Crippen LogP contribution in [0, 0.1) is 5.92 Å². The van der Waals surface area contributed by atoms with Gasteiger partial charge in [-0.2, -0.15) is 0 Å². The molecule has 2 rings (SSSR count). The van der Waals surface area contributed by atoms with E-state index in [2.05, 4.69) is 30.7 Å². The highest BCUT2D eigenvalue weighted by Gasteiger charge is 2.10. The van der Waals surface area contributed by atoms with Crippen LogP contribution in [0.1, 0.15) is 108 Å². The fourth-order valence-corrected chi connectivity index (χ4v) is 3.76. The lowest BCUT2D eigenvalue weighted by Gasteiger charge is -2.09. The normalized spacial score (nSPS) is 11.9. The molecule has 0 spiro atoms. The third-order valence-corrected chi connectivity index (χ3v) is 6.29. The average Bonchev–Trinajstić information content (AvgIpc) is 2.87. The first kappa shape index (κ1) is 27.8. The van der Waals surface area contributed by atoms with Gasteiger partial charge < -0.3 is 9.47 Å². The molecule has 188 valence electrons. The number of carbonyl (C=O) groups excluding carboxylic acids is 1. The molecule has 0 aliphatic carbocycles. The van der Waals surface area contributed by atoms with Gasteiger partial charge in [-0.05, 0) is 43.0 Å². The SMILES string of the molecule is CCCCCCCCCOC(=O)c1cnc(-c2ccc(OCCCCCC(C)CC)cc2)nc1. The van der Waals surface area contributed by atoms with Crippen LogP contribution in [-0.4, -0.2) is 29.2 Å². The maximum Gasteiger partial charge on any atom is 0.341 e. The Kier molecular flexibility index (Phi) is 14.0. The predicted octanol–water partition coefficient (Wildman–Crippen LogP) is 8.04. The van der Waals surface area contributed by atoms with Gasteiger partial charge in [-0.1, -0.05) is 85.0 Å². The van der Waals surface area contributed by atoms with E-state index in [4.69, 9.17) is 9.47 Å². The summed E-state index contributed by atoms with van der Waals surface area (Å²) in [4.78, 5) is 20.9. The van der Waals surface area contributed by atoms with Crippen molar-refractivity contribution in [3.05, 3.63) is 42.2 Å². The van der Waals surface area contributed by atoms with Crippen molar-refractivity contribution < 1.29 is 14.3 Å². The zero-order valence-electron chi connectivity index (χ0n) is 21.6. The molecular weight excluding hydrogens is 424 g/mol. The first-order valence-corrected chi connectivity index (χ1v) is 13.4. The van der Waals surface area contributed by atoms with E-state index >= 15 is 0 Å². The van der Waals surface area contributed by atoms with Crippen molar-refractivity contribution in [2.75, 3.05) is 13.2 Å².